The number of carbonyl (C=O) groups is 1. The van der Waals surface area contributed by atoms with Crippen molar-refractivity contribution in [2.75, 3.05) is 63.2 Å². The molecule has 1 saturated heterocycles. The predicted molar refractivity (Wildman–Crippen MR) is 149 cm³/mol. The van der Waals surface area contributed by atoms with Crippen LogP contribution in [0, 0.1) is 12.8 Å². The highest BCUT2D eigenvalue weighted by atomic mass is 32.1. The number of thiazole rings is 1. The van der Waals surface area contributed by atoms with E-state index in [1.807, 2.05) is 30.1 Å². The van der Waals surface area contributed by atoms with Crippen molar-refractivity contribution in [1.82, 2.24) is 15.0 Å². The number of carboxylic acids is 1. The maximum atomic E-state index is 11.5. The number of ether oxygens (including phenoxy) is 3. The Labute approximate surface area is 231 Å². The molecule has 0 radical (unpaired) electrons. The van der Waals surface area contributed by atoms with Crippen LogP contribution in [0.25, 0.3) is 0 Å². The van der Waals surface area contributed by atoms with Crippen LogP contribution in [-0.2, 0) is 6.54 Å². The molecule has 1 aliphatic heterocycles. The maximum Gasteiger partial charge on any atom is 0.347 e. The van der Waals surface area contributed by atoms with Gasteiger partial charge in [-0.25, -0.2) is 9.78 Å². The van der Waals surface area contributed by atoms with Gasteiger partial charge in [-0.3, -0.25) is 5.32 Å². The minimum atomic E-state index is -1.03. The van der Waals surface area contributed by atoms with E-state index in [2.05, 4.69) is 15.2 Å². The average molecular weight is 559 g/mol. The SMILES string of the molecule is COc1cc(CN(C)c2cc(N3CCCC(CO)C3)nc(Nc3nc(C)c(C(=O)O)s3)n2)cc(OC)c1OC. The number of aromatic nitrogens is 3. The Morgan fingerprint density at radius 1 is 1.15 bits per heavy atom. The van der Waals surface area contributed by atoms with Gasteiger partial charge in [-0.05, 0) is 43.4 Å². The number of carboxylic acid groups (broad SMARTS) is 1. The molecule has 39 heavy (non-hydrogen) atoms. The molecule has 13 heteroatoms. The topological polar surface area (TPSA) is 142 Å². The van der Waals surface area contributed by atoms with Crippen molar-refractivity contribution in [3.8, 4) is 17.2 Å². The van der Waals surface area contributed by atoms with Crippen LogP contribution in [-0.4, -0.2) is 79.2 Å². The van der Waals surface area contributed by atoms with Crippen LogP contribution in [0.2, 0.25) is 0 Å². The summed E-state index contributed by atoms with van der Waals surface area (Å²) in [6.45, 7) is 3.75. The molecule has 0 amide bonds. The van der Waals surface area contributed by atoms with Gasteiger partial charge in [-0.2, -0.15) is 9.97 Å². The highest BCUT2D eigenvalue weighted by Gasteiger charge is 2.23. The van der Waals surface area contributed by atoms with Gasteiger partial charge in [0.05, 0.1) is 27.0 Å². The molecule has 1 unspecified atom stereocenters. The van der Waals surface area contributed by atoms with E-state index in [0.717, 1.165) is 36.3 Å². The molecular formula is C26H34N6O6S. The zero-order chi connectivity index (χ0) is 28.1. The number of aliphatic hydroxyl groups is 1. The summed E-state index contributed by atoms with van der Waals surface area (Å²) in [7, 11) is 6.64. The van der Waals surface area contributed by atoms with Gasteiger partial charge in [0.15, 0.2) is 16.6 Å². The fourth-order valence-corrected chi connectivity index (χ4v) is 5.38. The Morgan fingerprint density at radius 3 is 2.46 bits per heavy atom. The lowest BCUT2D eigenvalue weighted by Gasteiger charge is -2.33. The van der Waals surface area contributed by atoms with E-state index >= 15 is 0 Å². The number of aryl methyl sites for hydroxylation is 1. The molecule has 1 aliphatic rings. The molecule has 1 fully saturated rings. The molecule has 0 spiro atoms. The normalized spacial score (nSPS) is 15.1. The molecule has 1 aromatic carbocycles. The number of nitrogens with zero attached hydrogens (tertiary/aromatic N) is 5. The summed E-state index contributed by atoms with van der Waals surface area (Å²) in [6, 6.07) is 5.70. The summed E-state index contributed by atoms with van der Waals surface area (Å²) < 4.78 is 16.5. The second-order valence-corrected chi connectivity index (χ2v) is 10.3. The number of nitrogens with one attached hydrogen (secondary N) is 1. The Morgan fingerprint density at radius 2 is 1.87 bits per heavy atom. The quantitative estimate of drug-likeness (QED) is 0.317. The molecule has 0 aliphatic carbocycles. The average Bonchev–Trinajstić information content (AvgIpc) is 3.32. The number of rotatable bonds is 11. The van der Waals surface area contributed by atoms with Gasteiger partial charge in [0.1, 0.15) is 16.5 Å². The van der Waals surface area contributed by atoms with E-state index < -0.39 is 5.97 Å². The number of aromatic carboxylic acids is 1. The Balaban J connectivity index is 1.68. The Bertz CT molecular complexity index is 1290. The third-order valence-corrected chi connectivity index (χ3v) is 7.61. The van der Waals surface area contributed by atoms with Crippen molar-refractivity contribution < 1.29 is 29.2 Å². The van der Waals surface area contributed by atoms with Gasteiger partial charge in [0.25, 0.3) is 0 Å². The van der Waals surface area contributed by atoms with Crippen LogP contribution in [0.15, 0.2) is 18.2 Å². The number of aliphatic hydroxyl groups excluding tert-OH is 1. The summed E-state index contributed by atoms with van der Waals surface area (Å²) in [4.78, 5) is 29.6. The van der Waals surface area contributed by atoms with Crippen LogP contribution in [0.5, 0.6) is 17.2 Å². The molecule has 0 saturated carbocycles. The van der Waals surface area contributed by atoms with Gasteiger partial charge < -0.3 is 34.2 Å². The van der Waals surface area contributed by atoms with E-state index in [9.17, 15) is 15.0 Å². The molecule has 3 aromatic rings. The van der Waals surface area contributed by atoms with Crippen molar-refractivity contribution in [2.45, 2.75) is 26.3 Å². The number of piperidine rings is 1. The molecule has 3 heterocycles. The second kappa shape index (κ2) is 12.3. The molecule has 2 aromatic heterocycles. The fourth-order valence-electron chi connectivity index (χ4n) is 4.58. The van der Waals surface area contributed by atoms with Crippen LogP contribution < -0.4 is 29.3 Å². The molecule has 4 rings (SSSR count). The van der Waals surface area contributed by atoms with Gasteiger partial charge in [-0.15, -0.1) is 0 Å². The van der Waals surface area contributed by atoms with E-state index in [-0.39, 0.29) is 17.4 Å². The molecule has 12 nitrogen and oxygen atoms in total. The number of anilines is 4. The first kappa shape index (κ1) is 28.2. The smallest absolute Gasteiger partial charge is 0.347 e. The monoisotopic (exact) mass is 558 g/mol. The van der Waals surface area contributed by atoms with Crippen molar-refractivity contribution in [3.05, 3.63) is 34.3 Å². The van der Waals surface area contributed by atoms with Gasteiger partial charge in [0.2, 0.25) is 11.7 Å². The third kappa shape index (κ3) is 6.42. The molecule has 210 valence electrons. The number of hydrogen-bond acceptors (Lipinski definition) is 12. The zero-order valence-corrected chi connectivity index (χ0v) is 23.5. The fraction of sp³-hybridized carbons (Fsp3) is 0.462. The lowest BCUT2D eigenvalue weighted by Crippen LogP contribution is -2.37. The predicted octanol–water partition coefficient (Wildman–Crippen LogP) is 3.55. The largest absolute Gasteiger partial charge is 0.493 e. The van der Waals surface area contributed by atoms with E-state index in [4.69, 9.17) is 24.2 Å². The number of methoxy groups -OCH3 is 3. The van der Waals surface area contributed by atoms with E-state index in [0.29, 0.717) is 58.7 Å². The standard InChI is InChI=1S/C26H34N6O6S/c1-15-23(24(34)35)39-26(27-15)30-25-28-20(11-21(29-25)32-8-6-7-16(13-32)14-33)31(2)12-17-9-18(36-3)22(38-5)19(10-17)37-4/h9-11,16,33H,6-8,12-14H2,1-5H3,(H,34,35)(H,27,28,29,30). The van der Waals surface area contributed by atoms with Crippen molar-refractivity contribution in [3.63, 3.8) is 0 Å². The number of benzene rings is 1. The molecule has 0 bridgehead atoms. The van der Waals surface area contributed by atoms with Crippen LogP contribution in [0.4, 0.5) is 22.7 Å². The summed E-state index contributed by atoms with van der Waals surface area (Å²) in [5.41, 5.74) is 1.34. The Hall–Kier alpha value is -3.84. The minimum Gasteiger partial charge on any atom is -0.493 e. The first-order chi connectivity index (χ1) is 18.8. The first-order valence-electron chi connectivity index (χ1n) is 12.5. The summed E-state index contributed by atoms with van der Waals surface area (Å²) in [5.74, 6) is 2.44. The van der Waals surface area contributed by atoms with Gasteiger partial charge >= 0.3 is 5.97 Å². The maximum absolute atomic E-state index is 11.5. The first-order valence-corrected chi connectivity index (χ1v) is 13.3. The van der Waals surface area contributed by atoms with Crippen LogP contribution >= 0.6 is 11.3 Å². The lowest BCUT2D eigenvalue weighted by molar-refractivity contribution is 0.0701. The minimum absolute atomic E-state index is 0.122. The Kier molecular flexibility index (Phi) is 8.92. The van der Waals surface area contributed by atoms with E-state index in [1.54, 1.807) is 28.3 Å². The van der Waals surface area contributed by atoms with Crippen molar-refractivity contribution in [1.29, 1.82) is 0 Å². The molecule has 3 N–H and O–H groups in total. The van der Waals surface area contributed by atoms with Crippen LogP contribution in [0.3, 0.4) is 0 Å². The summed E-state index contributed by atoms with van der Waals surface area (Å²) in [6.07, 6.45) is 1.91. The molecule has 1 atom stereocenters. The highest BCUT2D eigenvalue weighted by Crippen LogP contribution is 2.39. The van der Waals surface area contributed by atoms with Crippen LogP contribution in [0.1, 0.15) is 33.8 Å². The molecular weight excluding hydrogens is 524 g/mol. The lowest BCUT2D eigenvalue weighted by atomic mass is 9.99. The highest BCUT2D eigenvalue weighted by molar-refractivity contribution is 7.17. The third-order valence-electron chi connectivity index (χ3n) is 6.55. The van der Waals surface area contributed by atoms with Crippen molar-refractivity contribution in [2.24, 2.45) is 5.92 Å². The van der Waals surface area contributed by atoms with E-state index in [1.165, 1.54) is 0 Å². The summed E-state index contributed by atoms with van der Waals surface area (Å²) >= 11 is 1.03. The zero-order valence-electron chi connectivity index (χ0n) is 22.7. The second-order valence-electron chi connectivity index (χ2n) is 9.30. The van der Waals surface area contributed by atoms with Gasteiger partial charge in [0, 0.05) is 39.4 Å². The number of hydrogen-bond donors (Lipinski definition) is 3. The van der Waals surface area contributed by atoms with Gasteiger partial charge in [-0.1, -0.05) is 11.3 Å². The van der Waals surface area contributed by atoms with Crippen molar-refractivity contribution >= 4 is 40.0 Å². The summed E-state index contributed by atoms with van der Waals surface area (Å²) in [5, 5.41) is 22.7.